The standard InChI is InChI=1S/C18H18N2O4/c1-2-24-18(23)15(19-16(21)13-9-5-3-6-10-13)20-17(22)14-11-7-4-8-12-14/h3-12,15H,2H2,1H3,(H,19,21)(H,20,22). The average molecular weight is 326 g/mol. The topological polar surface area (TPSA) is 84.5 Å². The highest BCUT2D eigenvalue weighted by molar-refractivity contribution is 6.00. The molecule has 6 nitrogen and oxygen atoms in total. The van der Waals surface area contributed by atoms with Gasteiger partial charge in [0.05, 0.1) is 6.61 Å². The van der Waals surface area contributed by atoms with Crippen molar-refractivity contribution in [2.24, 2.45) is 0 Å². The van der Waals surface area contributed by atoms with Gasteiger partial charge in [-0.05, 0) is 31.2 Å². The maximum Gasteiger partial charge on any atom is 0.349 e. The van der Waals surface area contributed by atoms with Crippen LogP contribution in [-0.4, -0.2) is 30.6 Å². The molecule has 0 aliphatic heterocycles. The summed E-state index contributed by atoms with van der Waals surface area (Å²) in [6.45, 7) is 1.78. The molecule has 0 aliphatic rings. The highest BCUT2D eigenvalue weighted by Crippen LogP contribution is 2.02. The molecule has 0 aromatic heterocycles. The monoisotopic (exact) mass is 326 g/mol. The molecular formula is C18H18N2O4. The summed E-state index contributed by atoms with van der Waals surface area (Å²) in [5.41, 5.74) is 0.751. The lowest BCUT2D eigenvalue weighted by atomic mass is 10.2. The van der Waals surface area contributed by atoms with Gasteiger partial charge in [-0.1, -0.05) is 36.4 Å². The van der Waals surface area contributed by atoms with Crippen molar-refractivity contribution < 1.29 is 19.1 Å². The molecule has 2 aromatic carbocycles. The van der Waals surface area contributed by atoms with Gasteiger partial charge in [0.15, 0.2) is 0 Å². The molecule has 0 bridgehead atoms. The van der Waals surface area contributed by atoms with E-state index in [9.17, 15) is 14.4 Å². The summed E-state index contributed by atoms with van der Waals surface area (Å²) in [5, 5.41) is 4.95. The Morgan fingerprint density at radius 1 is 0.833 bits per heavy atom. The summed E-state index contributed by atoms with van der Waals surface area (Å²) >= 11 is 0. The van der Waals surface area contributed by atoms with Crippen molar-refractivity contribution in [3.8, 4) is 0 Å². The zero-order valence-corrected chi connectivity index (χ0v) is 13.2. The van der Waals surface area contributed by atoms with E-state index in [4.69, 9.17) is 4.74 Å². The zero-order chi connectivity index (χ0) is 17.4. The van der Waals surface area contributed by atoms with E-state index in [0.717, 1.165) is 0 Å². The molecule has 0 radical (unpaired) electrons. The molecule has 6 heteroatoms. The van der Waals surface area contributed by atoms with Gasteiger partial charge in [-0.15, -0.1) is 0 Å². The third-order valence-electron chi connectivity index (χ3n) is 3.15. The summed E-state index contributed by atoms with van der Waals surface area (Å²) in [7, 11) is 0. The molecule has 2 aromatic rings. The van der Waals surface area contributed by atoms with Crippen LogP contribution in [-0.2, 0) is 9.53 Å². The summed E-state index contributed by atoms with van der Waals surface area (Å²) in [6, 6.07) is 16.8. The second kappa shape index (κ2) is 8.47. The van der Waals surface area contributed by atoms with Gasteiger partial charge in [-0.2, -0.15) is 0 Å². The van der Waals surface area contributed by atoms with Gasteiger partial charge in [0.1, 0.15) is 0 Å². The fourth-order valence-corrected chi connectivity index (χ4v) is 1.99. The zero-order valence-electron chi connectivity index (χ0n) is 13.2. The molecule has 0 spiro atoms. The van der Waals surface area contributed by atoms with Crippen molar-refractivity contribution in [3.05, 3.63) is 71.8 Å². The van der Waals surface area contributed by atoms with Crippen molar-refractivity contribution in [2.75, 3.05) is 6.61 Å². The van der Waals surface area contributed by atoms with E-state index in [1.54, 1.807) is 67.6 Å². The molecule has 24 heavy (non-hydrogen) atoms. The molecule has 2 amide bonds. The first-order chi connectivity index (χ1) is 11.6. The van der Waals surface area contributed by atoms with Crippen molar-refractivity contribution in [1.29, 1.82) is 0 Å². The number of carbonyl (C=O) groups is 3. The highest BCUT2D eigenvalue weighted by atomic mass is 16.5. The van der Waals surface area contributed by atoms with Crippen molar-refractivity contribution in [1.82, 2.24) is 10.6 Å². The number of hydrogen-bond acceptors (Lipinski definition) is 4. The van der Waals surface area contributed by atoms with E-state index in [2.05, 4.69) is 10.6 Å². The van der Waals surface area contributed by atoms with Crippen LogP contribution in [0.1, 0.15) is 27.6 Å². The number of ether oxygens (including phenoxy) is 1. The van der Waals surface area contributed by atoms with E-state index < -0.39 is 23.9 Å². The number of carbonyl (C=O) groups excluding carboxylic acids is 3. The second-order valence-corrected chi connectivity index (χ2v) is 4.86. The smallest absolute Gasteiger partial charge is 0.349 e. The summed E-state index contributed by atoms with van der Waals surface area (Å²) < 4.78 is 4.91. The summed E-state index contributed by atoms with van der Waals surface area (Å²) in [6.07, 6.45) is -1.27. The van der Waals surface area contributed by atoms with E-state index in [0.29, 0.717) is 11.1 Å². The molecule has 0 heterocycles. The van der Waals surface area contributed by atoms with Gasteiger partial charge in [0.25, 0.3) is 11.8 Å². The lowest BCUT2D eigenvalue weighted by Crippen LogP contribution is -2.53. The molecule has 0 atom stereocenters. The average Bonchev–Trinajstić information content (AvgIpc) is 2.62. The Morgan fingerprint density at radius 2 is 1.25 bits per heavy atom. The van der Waals surface area contributed by atoms with Crippen LogP contribution in [0.25, 0.3) is 0 Å². The molecule has 0 saturated carbocycles. The number of amides is 2. The normalized spacial score (nSPS) is 10.1. The van der Waals surface area contributed by atoms with Gasteiger partial charge in [0.2, 0.25) is 6.17 Å². The first-order valence-corrected chi connectivity index (χ1v) is 7.50. The maximum atomic E-state index is 12.2. The quantitative estimate of drug-likeness (QED) is 0.625. The van der Waals surface area contributed by atoms with Crippen LogP contribution in [0.5, 0.6) is 0 Å². The van der Waals surface area contributed by atoms with E-state index in [-0.39, 0.29) is 6.61 Å². The molecular weight excluding hydrogens is 308 g/mol. The lowest BCUT2D eigenvalue weighted by Gasteiger charge is -2.18. The Kier molecular flexibility index (Phi) is 6.08. The molecule has 2 rings (SSSR count). The maximum absolute atomic E-state index is 12.2. The fraction of sp³-hybridized carbons (Fsp3) is 0.167. The largest absolute Gasteiger partial charge is 0.463 e. The van der Waals surface area contributed by atoms with Crippen LogP contribution >= 0.6 is 0 Å². The Bertz CT molecular complexity index is 648. The van der Waals surface area contributed by atoms with Gasteiger partial charge < -0.3 is 15.4 Å². The predicted molar refractivity (Wildman–Crippen MR) is 88.2 cm³/mol. The molecule has 124 valence electrons. The minimum atomic E-state index is -1.27. The van der Waals surface area contributed by atoms with Crippen LogP contribution in [0.4, 0.5) is 0 Å². The molecule has 0 unspecified atom stereocenters. The van der Waals surface area contributed by atoms with E-state index >= 15 is 0 Å². The number of benzene rings is 2. The summed E-state index contributed by atoms with van der Waals surface area (Å²) in [4.78, 5) is 36.4. The lowest BCUT2D eigenvalue weighted by molar-refractivity contribution is -0.146. The first kappa shape index (κ1) is 17.2. The van der Waals surface area contributed by atoms with Gasteiger partial charge in [-0.25, -0.2) is 4.79 Å². The van der Waals surface area contributed by atoms with Crippen LogP contribution in [0.3, 0.4) is 0 Å². The third kappa shape index (κ3) is 4.67. The molecule has 0 fully saturated rings. The van der Waals surface area contributed by atoms with Crippen molar-refractivity contribution >= 4 is 17.8 Å². The number of nitrogens with one attached hydrogen (secondary N) is 2. The Labute approximate surface area is 139 Å². The van der Waals surface area contributed by atoms with Gasteiger partial charge >= 0.3 is 5.97 Å². The number of rotatable bonds is 6. The minimum absolute atomic E-state index is 0.137. The van der Waals surface area contributed by atoms with Crippen LogP contribution < -0.4 is 10.6 Å². The predicted octanol–water partition coefficient (Wildman–Crippen LogP) is 1.74. The third-order valence-corrected chi connectivity index (χ3v) is 3.15. The molecule has 2 N–H and O–H groups in total. The minimum Gasteiger partial charge on any atom is -0.463 e. The van der Waals surface area contributed by atoms with Gasteiger partial charge in [0, 0.05) is 11.1 Å². The van der Waals surface area contributed by atoms with Crippen LogP contribution in [0.15, 0.2) is 60.7 Å². The Hall–Kier alpha value is -3.15. The second-order valence-electron chi connectivity index (χ2n) is 4.86. The number of hydrogen-bond donors (Lipinski definition) is 2. The molecule has 0 aliphatic carbocycles. The SMILES string of the molecule is CCOC(=O)C(NC(=O)c1ccccc1)NC(=O)c1ccccc1. The van der Waals surface area contributed by atoms with Crippen molar-refractivity contribution in [2.45, 2.75) is 13.1 Å². The first-order valence-electron chi connectivity index (χ1n) is 7.50. The van der Waals surface area contributed by atoms with Crippen LogP contribution in [0, 0.1) is 0 Å². The molecule has 0 saturated heterocycles. The Morgan fingerprint density at radius 3 is 1.62 bits per heavy atom. The van der Waals surface area contributed by atoms with Gasteiger partial charge in [-0.3, -0.25) is 9.59 Å². The fourth-order valence-electron chi connectivity index (χ4n) is 1.99. The van der Waals surface area contributed by atoms with Crippen molar-refractivity contribution in [3.63, 3.8) is 0 Å². The Balaban J connectivity index is 2.11. The van der Waals surface area contributed by atoms with Crippen LogP contribution in [0.2, 0.25) is 0 Å². The van der Waals surface area contributed by atoms with E-state index in [1.807, 2.05) is 0 Å². The van der Waals surface area contributed by atoms with E-state index in [1.165, 1.54) is 0 Å². The summed E-state index contributed by atoms with van der Waals surface area (Å²) in [5.74, 6) is -1.70. The number of esters is 1. The highest BCUT2D eigenvalue weighted by Gasteiger charge is 2.25.